The lowest BCUT2D eigenvalue weighted by atomic mass is 10.2. The number of pyridine rings is 1. The lowest BCUT2D eigenvalue weighted by Crippen LogP contribution is -2.09. The van der Waals surface area contributed by atoms with Crippen molar-refractivity contribution >= 4 is 11.5 Å². The van der Waals surface area contributed by atoms with Crippen molar-refractivity contribution in [1.29, 1.82) is 0 Å². The molecule has 1 N–H and O–H groups in total. The van der Waals surface area contributed by atoms with Crippen LogP contribution < -0.4 is 10.1 Å². The van der Waals surface area contributed by atoms with Gasteiger partial charge in [0.05, 0.1) is 6.10 Å². The molecule has 1 aromatic heterocycles. The fraction of sp³-hybridized carbons (Fsp3) is 0.267. The first kappa shape index (κ1) is 15.2. The van der Waals surface area contributed by atoms with Crippen LogP contribution in [0.15, 0.2) is 30.3 Å². The van der Waals surface area contributed by atoms with Gasteiger partial charge in [-0.25, -0.2) is 8.78 Å². The Balaban J connectivity index is 2.20. The number of rotatable bonds is 5. The second-order valence-electron chi connectivity index (χ2n) is 4.58. The van der Waals surface area contributed by atoms with Crippen LogP contribution in [0.1, 0.15) is 20.3 Å². The van der Waals surface area contributed by atoms with Crippen molar-refractivity contribution < 1.29 is 17.9 Å². The minimum Gasteiger partial charge on any atom is -0.491 e. The SMILES string of the molecule is CCC(C)Oc1cccc(Nc2nc(F)c(F)cc2F)c1. The van der Waals surface area contributed by atoms with E-state index < -0.39 is 17.6 Å². The van der Waals surface area contributed by atoms with Crippen LogP contribution >= 0.6 is 0 Å². The summed E-state index contributed by atoms with van der Waals surface area (Å²) in [5.41, 5.74) is 0.466. The van der Waals surface area contributed by atoms with Gasteiger partial charge in [0.15, 0.2) is 17.5 Å². The topological polar surface area (TPSA) is 34.1 Å². The molecule has 0 spiro atoms. The van der Waals surface area contributed by atoms with Gasteiger partial charge in [0.25, 0.3) is 5.95 Å². The van der Waals surface area contributed by atoms with Crippen molar-refractivity contribution in [2.45, 2.75) is 26.4 Å². The van der Waals surface area contributed by atoms with E-state index >= 15 is 0 Å². The van der Waals surface area contributed by atoms with E-state index in [1.807, 2.05) is 13.8 Å². The number of hydrogen-bond acceptors (Lipinski definition) is 3. The van der Waals surface area contributed by atoms with E-state index in [4.69, 9.17) is 4.74 Å². The predicted octanol–water partition coefficient (Wildman–Crippen LogP) is 4.42. The van der Waals surface area contributed by atoms with Gasteiger partial charge in [-0.05, 0) is 25.5 Å². The maximum atomic E-state index is 13.5. The molecule has 0 amide bonds. The number of aromatic nitrogens is 1. The zero-order valence-electron chi connectivity index (χ0n) is 11.7. The third-order valence-electron chi connectivity index (χ3n) is 2.90. The number of halogens is 3. The van der Waals surface area contributed by atoms with Crippen LogP contribution in [-0.2, 0) is 0 Å². The number of ether oxygens (including phenoxy) is 1. The van der Waals surface area contributed by atoms with Crippen molar-refractivity contribution in [3.8, 4) is 5.75 Å². The van der Waals surface area contributed by atoms with E-state index in [2.05, 4.69) is 10.3 Å². The zero-order valence-corrected chi connectivity index (χ0v) is 11.7. The van der Waals surface area contributed by atoms with Gasteiger partial charge in [-0.2, -0.15) is 9.37 Å². The molecule has 0 aliphatic rings. The summed E-state index contributed by atoms with van der Waals surface area (Å²) in [6, 6.07) is 7.19. The minimum absolute atomic E-state index is 0.0402. The summed E-state index contributed by atoms with van der Waals surface area (Å²) in [5, 5.41) is 2.60. The zero-order chi connectivity index (χ0) is 15.4. The van der Waals surface area contributed by atoms with Crippen molar-refractivity contribution in [2.24, 2.45) is 0 Å². The average molecular weight is 296 g/mol. The molecule has 1 unspecified atom stereocenters. The summed E-state index contributed by atoms with van der Waals surface area (Å²) in [6.45, 7) is 3.92. The molecule has 2 aromatic rings. The summed E-state index contributed by atoms with van der Waals surface area (Å²) in [6.07, 6.45) is 0.884. The largest absolute Gasteiger partial charge is 0.491 e. The van der Waals surface area contributed by atoms with Crippen LogP contribution in [0.25, 0.3) is 0 Å². The van der Waals surface area contributed by atoms with Crippen molar-refractivity contribution in [2.75, 3.05) is 5.32 Å². The molecule has 1 atom stereocenters. The molecule has 0 radical (unpaired) electrons. The van der Waals surface area contributed by atoms with Crippen LogP contribution in [0, 0.1) is 17.6 Å². The first-order valence-electron chi connectivity index (χ1n) is 6.55. The lowest BCUT2D eigenvalue weighted by Gasteiger charge is -2.14. The van der Waals surface area contributed by atoms with Gasteiger partial charge in [-0.1, -0.05) is 13.0 Å². The highest BCUT2D eigenvalue weighted by molar-refractivity contribution is 5.58. The third-order valence-corrected chi connectivity index (χ3v) is 2.90. The molecular weight excluding hydrogens is 281 g/mol. The van der Waals surface area contributed by atoms with E-state index in [9.17, 15) is 13.2 Å². The van der Waals surface area contributed by atoms with Crippen LogP contribution in [0.5, 0.6) is 5.75 Å². The van der Waals surface area contributed by atoms with E-state index in [-0.39, 0.29) is 11.9 Å². The average Bonchev–Trinajstić information content (AvgIpc) is 2.45. The normalized spacial score (nSPS) is 12.0. The first-order chi connectivity index (χ1) is 9.99. The van der Waals surface area contributed by atoms with Gasteiger partial charge in [0.2, 0.25) is 0 Å². The highest BCUT2D eigenvalue weighted by Crippen LogP contribution is 2.24. The van der Waals surface area contributed by atoms with Crippen molar-refractivity contribution in [3.05, 3.63) is 47.9 Å². The summed E-state index contributed by atoms with van der Waals surface area (Å²) in [5.74, 6) is -3.44. The van der Waals surface area contributed by atoms with Crippen molar-refractivity contribution in [1.82, 2.24) is 4.98 Å². The molecule has 2 rings (SSSR count). The van der Waals surface area contributed by atoms with Gasteiger partial charge in [0, 0.05) is 17.8 Å². The monoisotopic (exact) mass is 296 g/mol. The van der Waals surface area contributed by atoms with Crippen LogP contribution in [0.4, 0.5) is 24.7 Å². The Morgan fingerprint density at radius 1 is 1.19 bits per heavy atom. The molecule has 1 aromatic carbocycles. The Morgan fingerprint density at radius 3 is 2.67 bits per heavy atom. The molecule has 3 nitrogen and oxygen atoms in total. The molecule has 0 saturated heterocycles. The summed E-state index contributed by atoms with van der Waals surface area (Å²) in [4.78, 5) is 3.21. The van der Waals surface area contributed by atoms with Gasteiger partial charge < -0.3 is 10.1 Å². The Morgan fingerprint density at radius 2 is 1.95 bits per heavy atom. The Kier molecular flexibility index (Phi) is 4.67. The van der Waals surface area contributed by atoms with Crippen molar-refractivity contribution in [3.63, 3.8) is 0 Å². The quantitative estimate of drug-likeness (QED) is 0.829. The molecule has 0 fully saturated rings. The molecule has 0 bridgehead atoms. The number of benzene rings is 1. The molecule has 0 aliphatic carbocycles. The highest BCUT2D eigenvalue weighted by Gasteiger charge is 2.12. The van der Waals surface area contributed by atoms with E-state index in [0.717, 1.165) is 6.42 Å². The van der Waals surface area contributed by atoms with E-state index in [0.29, 0.717) is 17.5 Å². The fourth-order valence-corrected chi connectivity index (χ4v) is 1.63. The second kappa shape index (κ2) is 6.47. The number of nitrogens with one attached hydrogen (secondary N) is 1. The molecular formula is C15H15F3N2O. The lowest BCUT2D eigenvalue weighted by molar-refractivity contribution is 0.217. The highest BCUT2D eigenvalue weighted by atomic mass is 19.2. The standard InChI is InChI=1S/C15H15F3N2O/c1-3-9(2)21-11-6-4-5-10(7-11)19-15-13(17)8-12(16)14(18)20-15/h4-9H,3H2,1-2H3,(H,19,20). The number of hydrogen-bond donors (Lipinski definition) is 1. The molecule has 0 aliphatic heterocycles. The number of anilines is 2. The first-order valence-corrected chi connectivity index (χ1v) is 6.55. The minimum atomic E-state index is -1.36. The molecule has 0 saturated carbocycles. The van der Waals surface area contributed by atoms with Crippen LogP contribution in [0.2, 0.25) is 0 Å². The van der Waals surface area contributed by atoms with E-state index in [1.54, 1.807) is 24.3 Å². The van der Waals surface area contributed by atoms with Gasteiger partial charge in [0.1, 0.15) is 5.75 Å². The second-order valence-corrected chi connectivity index (χ2v) is 4.58. The van der Waals surface area contributed by atoms with Crippen LogP contribution in [0.3, 0.4) is 0 Å². The molecule has 1 heterocycles. The molecule has 21 heavy (non-hydrogen) atoms. The van der Waals surface area contributed by atoms with Crippen LogP contribution in [-0.4, -0.2) is 11.1 Å². The van der Waals surface area contributed by atoms with Gasteiger partial charge >= 0.3 is 0 Å². The summed E-state index contributed by atoms with van der Waals surface area (Å²) < 4.78 is 45.0. The maximum absolute atomic E-state index is 13.5. The maximum Gasteiger partial charge on any atom is 0.251 e. The fourth-order valence-electron chi connectivity index (χ4n) is 1.63. The molecule has 6 heteroatoms. The molecule has 112 valence electrons. The number of nitrogens with zero attached hydrogens (tertiary/aromatic N) is 1. The summed E-state index contributed by atoms with van der Waals surface area (Å²) >= 11 is 0. The third kappa shape index (κ3) is 3.87. The van der Waals surface area contributed by atoms with E-state index in [1.165, 1.54) is 0 Å². The predicted molar refractivity (Wildman–Crippen MR) is 74.2 cm³/mol. The van der Waals surface area contributed by atoms with Gasteiger partial charge in [-0.15, -0.1) is 0 Å². The Labute approximate surface area is 120 Å². The smallest absolute Gasteiger partial charge is 0.251 e. The van der Waals surface area contributed by atoms with Gasteiger partial charge in [-0.3, -0.25) is 0 Å². The summed E-state index contributed by atoms with van der Waals surface area (Å²) in [7, 11) is 0. The Hall–Kier alpha value is -2.24. The Bertz CT molecular complexity index is 634.